The molecule has 0 unspecified atom stereocenters. The smallest absolute Gasteiger partial charge is 0.260 e. The Balaban J connectivity index is 1.79. The Labute approximate surface area is 169 Å². The van der Waals surface area contributed by atoms with Crippen LogP contribution in [0.5, 0.6) is 0 Å². The van der Waals surface area contributed by atoms with Crippen molar-refractivity contribution < 1.29 is 0 Å². The van der Waals surface area contributed by atoms with Crippen LogP contribution < -0.4 is 16.4 Å². The first-order valence-electron chi connectivity index (χ1n) is 11.1. The summed E-state index contributed by atoms with van der Waals surface area (Å²) in [5, 5.41) is 11.1. The second kappa shape index (κ2) is 13.1. The highest BCUT2D eigenvalue weighted by atomic mass is 15.4. The molecule has 2 aromatic rings. The summed E-state index contributed by atoms with van der Waals surface area (Å²) in [7, 11) is 0. The molecule has 0 atom stereocenters. The van der Waals surface area contributed by atoms with Gasteiger partial charge in [0.25, 0.3) is 5.78 Å². The molecule has 0 saturated carbocycles. The number of rotatable bonds is 16. The van der Waals surface area contributed by atoms with E-state index in [1.165, 1.54) is 64.2 Å². The monoisotopic (exact) mass is 390 g/mol. The average molecular weight is 391 g/mol. The zero-order valence-electron chi connectivity index (χ0n) is 17.7. The van der Waals surface area contributed by atoms with Gasteiger partial charge in [0.2, 0.25) is 17.8 Å². The van der Waals surface area contributed by atoms with E-state index in [1.807, 2.05) is 0 Å². The van der Waals surface area contributed by atoms with Gasteiger partial charge >= 0.3 is 0 Å². The van der Waals surface area contributed by atoms with Crippen LogP contribution in [0.25, 0.3) is 5.78 Å². The fourth-order valence-electron chi connectivity index (χ4n) is 3.20. The van der Waals surface area contributed by atoms with Gasteiger partial charge in [-0.15, -0.1) is 5.10 Å². The molecule has 28 heavy (non-hydrogen) atoms. The molecule has 2 rings (SSSR count). The van der Waals surface area contributed by atoms with Gasteiger partial charge in [-0.2, -0.15) is 19.5 Å². The summed E-state index contributed by atoms with van der Waals surface area (Å²) in [5.41, 5.74) is 5.84. The third kappa shape index (κ3) is 7.86. The summed E-state index contributed by atoms with van der Waals surface area (Å²) in [6, 6.07) is 0. The summed E-state index contributed by atoms with van der Waals surface area (Å²) < 4.78 is 1.64. The number of aromatic nitrogens is 5. The molecule has 0 amide bonds. The highest BCUT2D eigenvalue weighted by Gasteiger charge is 2.11. The number of fused-ring (bicyclic) bond motifs is 1. The van der Waals surface area contributed by atoms with Gasteiger partial charge in [-0.1, -0.05) is 78.1 Å². The topological polar surface area (TPSA) is 106 Å². The molecule has 2 aromatic heterocycles. The number of hydrogen-bond donors (Lipinski definition) is 3. The molecule has 0 bridgehead atoms. The van der Waals surface area contributed by atoms with Gasteiger partial charge in [0, 0.05) is 13.1 Å². The van der Waals surface area contributed by atoms with E-state index in [2.05, 4.69) is 44.5 Å². The van der Waals surface area contributed by atoms with Gasteiger partial charge in [-0.3, -0.25) is 0 Å². The lowest BCUT2D eigenvalue weighted by Gasteiger charge is -2.07. The molecular weight excluding hydrogens is 352 g/mol. The molecule has 158 valence electrons. The normalized spacial score (nSPS) is 11.2. The number of nitrogens with two attached hydrogens (primary N) is 1. The van der Waals surface area contributed by atoms with Crippen molar-refractivity contribution in [3.05, 3.63) is 0 Å². The number of nitrogen functional groups attached to an aromatic ring is 1. The molecule has 8 nitrogen and oxygen atoms in total. The van der Waals surface area contributed by atoms with E-state index < -0.39 is 0 Å². The van der Waals surface area contributed by atoms with Gasteiger partial charge in [0.1, 0.15) is 0 Å². The average Bonchev–Trinajstić information content (AvgIpc) is 3.09. The van der Waals surface area contributed by atoms with Gasteiger partial charge < -0.3 is 16.4 Å². The molecule has 0 aromatic carbocycles. The standard InChI is InChI=1S/C20H38N8/c1-3-5-7-9-11-13-15-22-18-26-20-25-17(21)24-19(28(20)27-18)23-16-14-12-10-8-6-4-2/h3-16H2,1-2H3,(H4,21,22,23,24,25,26,27). The minimum absolute atomic E-state index is 0.216. The Morgan fingerprint density at radius 3 is 1.93 bits per heavy atom. The van der Waals surface area contributed by atoms with Crippen LogP contribution in [0.2, 0.25) is 0 Å². The number of nitrogens with zero attached hydrogens (tertiary/aromatic N) is 5. The van der Waals surface area contributed by atoms with E-state index in [4.69, 9.17) is 5.73 Å². The van der Waals surface area contributed by atoms with Crippen LogP contribution in [0.15, 0.2) is 0 Å². The molecule has 0 saturated heterocycles. The molecule has 0 spiro atoms. The van der Waals surface area contributed by atoms with Crippen molar-refractivity contribution in [3.63, 3.8) is 0 Å². The number of anilines is 3. The van der Waals surface area contributed by atoms with Gasteiger partial charge in [0.15, 0.2) is 0 Å². The van der Waals surface area contributed by atoms with E-state index in [9.17, 15) is 0 Å². The van der Waals surface area contributed by atoms with Crippen molar-refractivity contribution in [3.8, 4) is 0 Å². The summed E-state index contributed by atoms with van der Waals surface area (Å²) in [4.78, 5) is 12.9. The minimum Gasteiger partial charge on any atom is -0.368 e. The molecule has 0 aliphatic heterocycles. The van der Waals surface area contributed by atoms with Crippen LogP contribution >= 0.6 is 0 Å². The van der Waals surface area contributed by atoms with Gasteiger partial charge in [-0.05, 0) is 12.8 Å². The second-order valence-electron chi connectivity index (χ2n) is 7.44. The zero-order chi connectivity index (χ0) is 20.0. The van der Waals surface area contributed by atoms with Crippen LogP contribution in [0.4, 0.5) is 17.8 Å². The molecule has 0 radical (unpaired) electrons. The Kier molecular flexibility index (Phi) is 10.4. The maximum absolute atomic E-state index is 5.84. The maximum atomic E-state index is 5.84. The van der Waals surface area contributed by atoms with Crippen molar-refractivity contribution in [1.29, 1.82) is 0 Å². The van der Waals surface area contributed by atoms with Crippen molar-refractivity contribution in [2.24, 2.45) is 0 Å². The highest BCUT2D eigenvalue weighted by Crippen LogP contribution is 2.12. The van der Waals surface area contributed by atoms with Crippen LogP contribution in [0.3, 0.4) is 0 Å². The Bertz CT molecular complexity index is 670. The third-order valence-corrected chi connectivity index (χ3v) is 4.85. The first kappa shape index (κ1) is 22.2. The fourth-order valence-corrected chi connectivity index (χ4v) is 3.20. The number of unbranched alkanes of at least 4 members (excludes halogenated alkanes) is 10. The predicted octanol–water partition coefficient (Wildman–Crippen LogP) is 4.65. The lowest BCUT2D eigenvalue weighted by Crippen LogP contribution is -2.12. The molecule has 0 aliphatic carbocycles. The zero-order valence-corrected chi connectivity index (χ0v) is 17.7. The van der Waals surface area contributed by atoms with Crippen LogP contribution in [0.1, 0.15) is 90.9 Å². The Morgan fingerprint density at radius 2 is 1.29 bits per heavy atom. The van der Waals surface area contributed by atoms with E-state index in [0.29, 0.717) is 17.7 Å². The summed E-state index contributed by atoms with van der Waals surface area (Å²) in [6.45, 7) is 6.19. The van der Waals surface area contributed by atoms with Crippen LogP contribution in [-0.2, 0) is 0 Å². The number of nitrogens with one attached hydrogen (secondary N) is 2. The first-order chi connectivity index (χ1) is 13.7. The van der Waals surface area contributed by atoms with E-state index in [-0.39, 0.29) is 5.95 Å². The quantitative estimate of drug-likeness (QED) is 0.358. The van der Waals surface area contributed by atoms with E-state index in [0.717, 1.165) is 25.9 Å². The van der Waals surface area contributed by atoms with Crippen LogP contribution in [-0.4, -0.2) is 37.7 Å². The SMILES string of the molecule is CCCCCCCCNc1nc2nc(N)nc(NCCCCCCCC)n2n1. The lowest BCUT2D eigenvalue weighted by atomic mass is 10.1. The Morgan fingerprint density at radius 1 is 0.714 bits per heavy atom. The van der Waals surface area contributed by atoms with Crippen molar-refractivity contribution in [1.82, 2.24) is 24.6 Å². The molecule has 0 aliphatic rings. The van der Waals surface area contributed by atoms with Crippen LogP contribution in [0, 0.1) is 0 Å². The predicted molar refractivity (Wildman–Crippen MR) is 117 cm³/mol. The largest absolute Gasteiger partial charge is 0.368 e. The van der Waals surface area contributed by atoms with Gasteiger partial charge in [0.05, 0.1) is 0 Å². The fraction of sp³-hybridized carbons (Fsp3) is 0.800. The summed E-state index contributed by atoms with van der Waals surface area (Å²) in [5.74, 6) is 1.88. The van der Waals surface area contributed by atoms with E-state index in [1.54, 1.807) is 4.52 Å². The molecule has 2 heterocycles. The third-order valence-electron chi connectivity index (χ3n) is 4.85. The molecule has 8 heteroatoms. The van der Waals surface area contributed by atoms with Crippen molar-refractivity contribution >= 4 is 23.6 Å². The minimum atomic E-state index is 0.216. The van der Waals surface area contributed by atoms with Gasteiger partial charge in [-0.25, -0.2) is 0 Å². The van der Waals surface area contributed by atoms with Crippen molar-refractivity contribution in [2.75, 3.05) is 29.5 Å². The molecular formula is C20H38N8. The van der Waals surface area contributed by atoms with E-state index >= 15 is 0 Å². The maximum Gasteiger partial charge on any atom is 0.260 e. The molecule has 0 fully saturated rings. The number of hydrogen-bond acceptors (Lipinski definition) is 7. The lowest BCUT2D eigenvalue weighted by molar-refractivity contribution is 0.615. The molecule has 4 N–H and O–H groups in total. The highest BCUT2D eigenvalue weighted by molar-refractivity contribution is 5.46. The summed E-state index contributed by atoms with van der Waals surface area (Å²) >= 11 is 0. The van der Waals surface area contributed by atoms with Crippen molar-refractivity contribution in [2.45, 2.75) is 90.9 Å². The Hall–Kier alpha value is -2.12. The second-order valence-corrected chi connectivity index (χ2v) is 7.44. The summed E-state index contributed by atoms with van der Waals surface area (Å²) in [6.07, 6.45) is 15.1. The first-order valence-corrected chi connectivity index (χ1v) is 11.1.